The highest BCUT2D eigenvalue weighted by molar-refractivity contribution is 5.90. The van der Waals surface area contributed by atoms with Crippen molar-refractivity contribution >= 4 is 28.7 Å². The molecule has 5 heteroatoms. The van der Waals surface area contributed by atoms with Gasteiger partial charge in [0.05, 0.1) is 19.8 Å². The van der Waals surface area contributed by atoms with Crippen LogP contribution in [0.25, 0.3) is 16.8 Å². The maximum absolute atomic E-state index is 11.8. The first kappa shape index (κ1) is 23.1. The van der Waals surface area contributed by atoms with Gasteiger partial charge in [0.1, 0.15) is 5.75 Å². The van der Waals surface area contributed by atoms with Crippen LogP contribution in [0.1, 0.15) is 39.9 Å². The van der Waals surface area contributed by atoms with Gasteiger partial charge >= 0.3 is 5.97 Å². The van der Waals surface area contributed by atoms with E-state index in [1.54, 1.807) is 38.2 Å². The normalized spacial score (nSPS) is 11.0. The third-order valence-corrected chi connectivity index (χ3v) is 5.42. The van der Waals surface area contributed by atoms with Crippen LogP contribution in [0.3, 0.4) is 0 Å². The summed E-state index contributed by atoms with van der Waals surface area (Å²) in [7, 11) is 6.52. The molecule has 0 N–H and O–H groups in total. The number of carbonyl (C=O) groups is 2. The topological polar surface area (TPSA) is 55.8 Å². The van der Waals surface area contributed by atoms with Gasteiger partial charge in [0.25, 0.3) is 0 Å². The standard InChI is InChI=1S/C27H29NO4/c1-28(2)26(29)11-6-5-8-19-12-13-20-9-7-10-21(24(20)16-19)17-22-14-15-23(27(30)32-4)18-25(22)31-3/h5,7-10,12-16,18H,6,11,17H2,1-4H3/b8-5+. The third-order valence-electron chi connectivity index (χ3n) is 5.42. The lowest BCUT2D eigenvalue weighted by Crippen LogP contribution is -2.20. The Hall–Kier alpha value is -3.60. The van der Waals surface area contributed by atoms with Crippen molar-refractivity contribution in [1.82, 2.24) is 4.90 Å². The van der Waals surface area contributed by atoms with E-state index in [0.29, 0.717) is 30.6 Å². The van der Waals surface area contributed by atoms with Crippen molar-refractivity contribution in [3.63, 3.8) is 0 Å². The van der Waals surface area contributed by atoms with E-state index in [1.165, 1.54) is 12.7 Å². The van der Waals surface area contributed by atoms with E-state index >= 15 is 0 Å². The molecule has 166 valence electrons. The summed E-state index contributed by atoms with van der Waals surface area (Å²) in [4.78, 5) is 25.2. The number of ether oxygens (including phenoxy) is 2. The summed E-state index contributed by atoms with van der Waals surface area (Å²) in [6.07, 6.45) is 5.99. The highest BCUT2D eigenvalue weighted by Gasteiger charge is 2.12. The Morgan fingerprint density at radius 2 is 1.78 bits per heavy atom. The molecule has 0 aliphatic carbocycles. The number of rotatable bonds is 8. The van der Waals surface area contributed by atoms with E-state index in [9.17, 15) is 9.59 Å². The first-order valence-corrected chi connectivity index (χ1v) is 10.6. The Balaban J connectivity index is 1.85. The Labute approximate surface area is 189 Å². The highest BCUT2D eigenvalue weighted by Crippen LogP contribution is 2.28. The van der Waals surface area contributed by atoms with E-state index in [1.807, 2.05) is 12.1 Å². The largest absolute Gasteiger partial charge is 0.496 e. The Morgan fingerprint density at radius 1 is 0.969 bits per heavy atom. The fourth-order valence-corrected chi connectivity index (χ4v) is 3.60. The van der Waals surface area contributed by atoms with Gasteiger partial charge < -0.3 is 14.4 Å². The number of hydrogen-bond acceptors (Lipinski definition) is 4. The summed E-state index contributed by atoms with van der Waals surface area (Å²) in [5.41, 5.74) is 3.72. The number of methoxy groups -OCH3 is 2. The molecule has 5 nitrogen and oxygen atoms in total. The fourth-order valence-electron chi connectivity index (χ4n) is 3.60. The Kier molecular flexibility index (Phi) is 7.66. The second kappa shape index (κ2) is 10.6. The quantitative estimate of drug-likeness (QED) is 0.465. The number of amides is 1. The van der Waals surface area contributed by atoms with Crippen LogP contribution >= 0.6 is 0 Å². The number of esters is 1. The molecule has 0 saturated carbocycles. The molecule has 0 spiro atoms. The van der Waals surface area contributed by atoms with Crippen LogP contribution in [-0.2, 0) is 16.0 Å². The molecule has 1 amide bonds. The van der Waals surface area contributed by atoms with Crippen molar-refractivity contribution in [2.45, 2.75) is 19.3 Å². The van der Waals surface area contributed by atoms with Crippen molar-refractivity contribution in [2.75, 3.05) is 28.3 Å². The van der Waals surface area contributed by atoms with E-state index < -0.39 is 0 Å². The van der Waals surface area contributed by atoms with Gasteiger partial charge in [-0.15, -0.1) is 0 Å². The molecular weight excluding hydrogens is 402 g/mol. The SMILES string of the molecule is COC(=O)c1ccc(Cc2cccc3ccc(/C=C/CCC(=O)N(C)C)cc23)c(OC)c1. The highest BCUT2D eigenvalue weighted by atomic mass is 16.5. The number of benzene rings is 3. The van der Waals surface area contributed by atoms with Gasteiger partial charge in [0.2, 0.25) is 5.91 Å². The van der Waals surface area contributed by atoms with Gasteiger partial charge in [0.15, 0.2) is 0 Å². The molecule has 0 bridgehead atoms. The lowest BCUT2D eigenvalue weighted by molar-refractivity contribution is -0.128. The molecular formula is C27H29NO4. The van der Waals surface area contributed by atoms with Crippen molar-refractivity contribution in [3.05, 3.63) is 82.9 Å². The van der Waals surface area contributed by atoms with Gasteiger partial charge in [-0.3, -0.25) is 4.79 Å². The van der Waals surface area contributed by atoms with Gasteiger partial charge in [-0.1, -0.05) is 48.6 Å². The molecule has 3 rings (SSSR count). The zero-order valence-corrected chi connectivity index (χ0v) is 19.1. The minimum absolute atomic E-state index is 0.127. The smallest absolute Gasteiger partial charge is 0.337 e. The first-order valence-electron chi connectivity index (χ1n) is 10.6. The van der Waals surface area contributed by atoms with Crippen molar-refractivity contribution in [3.8, 4) is 5.75 Å². The molecule has 0 radical (unpaired) electrons. The van der Waals surface area contributed by atoms with Crippen LogP contribution in [0, 0.1) is 0 Å². The first-order chi connectivity index (χ1) is 15.4. The maximum atomic E-state index is 11.8. The van der Waals surface area contributed by atoms with Crippen LogP contribution in [0.4, 0.5) is 0 Å². The summed E-state index contributed by atoms with van der Waals surface area (Å²) in [6.45, 7) is 0. The number of nitrogens with zero attached hydrogens (tertiary/aromatic N) is 1. The second-order valence-electron chi connectivity index (χ2n) is 7.82. The number of allylic oxidation sites excluding steroid dienone is 1. The fraction of sp³-hybridized carbons (Fsp3) is 0.259. The molecule has 3 aromatic carbocycles. The zero-order valence-electron chi connectivity index (χ0n) is 19.1. The van der Waals surface area contributed by atoms with E-state index in [-0.39, 0.29) is 11.9 Å². The Bertz CT molecular complexity index is 1150. The van der Waals surface area contributed by atoms with Crippen molar-refractivity contribution in [1.29, 1.82) is 0 Å². The second-order valence-corrected chi connectivity index (χ2v) is 7.82. The maximum Gasteiger partial charge on any atom is 0.337 e. The van der Waals surface area contributed by atoms with E-state index in [0.717, 1.165) is 21.9 Å². The molecule has 0 saturated heterocycles. The van der Waals surface area contributed by atoms with E-state index in [4.69, 9.17) is 9.47 Å². The Morgan fingerprint density at radius 3 is 2.50 bits per heavy atom. The summed E-state index contributed by atoms with van der Waals surface area (Å²) >= 11 is 0. The predicted molar refractivity (Wildman–Crippen MR) is 128 cm³/mol. The van der Waals surface area contributed by atoms with Crippen LogP contribution in [-0.4, -0.2) is 45.1 Å². The molecule has 0 aliphatic rings. The predicted octanol–water partition coefficient (Wildman–Crippen LogP) is 5.11. The molecule has 32 heavy (non-hydrogen) atoms. The number of fused-ring (bicyclic) bond motifs is 1. The van der Waals surface area contributed by atoms with Gasteiger partial charge in [-0.05, 0) is 52.1 Å². The molecule has 0 heterocycles. The zero-order chi connectivity index (χ0) is 23.1. The molecule has 0 aliphatic heterocycles. The van der Waals surface area contributed by atoms with Gasteiger partial charge in [-0.25, -0.2) is 4.79 Å². The van der Waals surface area contributed by atoms with Crippen LogP contribution in [0.2, 0.25) is 0 Å². The minimum atomic E-state index is -0.385. The molecule has 0 aromatic heterocycles. The van der Waals surface area contributed by atoms with E-state index in [2.05, 4.69) is 42.5 Å². The lowest BCUT2D eigenvalue weighted by atomic mass is 9.96. The third kappa shape index (κ3) is 5.55. The van der Waals surface area contributed by atoms with Crippen molar-refractivity contribution in [2.24, 2.45) is 0 Å². The molecule has 3 aromatic rings. The van der Waals surface area contributed by atoms with Gasteiger partial charge in [0, 0.05) is 26.9 Å². The number of carbonyl (C=O) groups excluding carboxylic acids is 2. The average molecular weight is 432 g/mol. The summed E-state index contributed by atoms with van der Waals surface area (Å²) in [5.74, 6) is 0.401. The average Bonchev–Trinajstić information content (AvgIpc) is 2.81. The lowest BCUT2D eigenvalue weighted by Gasteiger charge is -2.12. The number of hydrogen-bond donors (Lipinski definition) is 0. The summed E-state index contributed by atoms with van der Waals surface area (Å²) in [5, 5.41) is 2.32. The summed E-state index contributed by atoms with van der Waals surface area (Å²) in [6, 6.07) is 18.0. The molecule has 0 fully saturated rings. The minimum Gasteiger partial charge on any atom is -0.496 e. The van der Waals surface area contributed by atoms with Gasteiger partial charge in [-0.2, -0.15) is 0 Å². The van der Waals surface area contributed by atoms with Crippen LogP contribution < -0.4 is 4.74 Å². The van der Waals surface area contributed by atoms with Crippen LogP contribution in [0.5, 0.6) is 5.75 Å². The monoisotopic (exact) mass is 431 g/mol. The van der Waals surface area contributed by atoms with Crippen LogP contribution in [0.15, 0.2) is 60.7 Å². The molecule has 0 unspecified atom stereocenters. The van der Waals surface area contributed by atoms with Crippen molar-refractivity contribution < 1.29 is 19.1 Å². The summed E-state index contributed by atoms with van der Waals surface area (Å²) < 4.78 is 10.3. The molecule has 0 atom stereocenters.